The molecule has 2 aromatic heterocycles. The van der Waals surface area contributed by atoms with E-state index >= 15 is 0 Å². The molecule has 1 aliphatic carbocycles. The van der Waals surface area contributed by atoms with Gasteiger partial charge in [0.05, 0.1) is 16.9 Å². The van der Waals surface area contributed by atoms with E-state index in [0.717, 1.165) is 35.4 Å². The summed E-state index contributed by atoms with van der Waals surface area (Å²) in [6.45, 7) is 1.53. The molecule has 0 atom stereocenters. The summed E-state index contributed by atoms with van der Waals surface area (Å²) in [7, 11) is 0. The number of halogens is 3. The lowest BCUT2D eigenvalue weighted by Gasteiger charge is -2.13. The first kappa shape index (κ1) is 19.3. The maximum absolute atomic E-state index is 13.0. The number of nitrogens with one attached hydrogen (secondary N) is 1. The topological polar surface area (TPSA) is 76.9 Å². The van der Waals surface area contributed by atoms with Gasteiger partial charge in [0.1, 0.15) is 0 Å². The fourth-order valence-electron chi connectivity index (χ4n) is 2.85. The van der Waals surface area contributed by atoms with Crippen molar-refractivity contribution in [3.63, 3.8) is 0 Å². The van der Waals surface area contributed by atoms with Crippen LogP contribution in [0.2, 0.25) is 0 Å². The zero-order valence-corrected chi connectivity index (χ0v) is 16.0. The second-order valence-corrected chi connectivity index (χ2v) is 7.62. The molecular weight excluding hydrogens is 405 g/mol. The minimum atomic E-state index is -4.52. The Bertz CT molecular complexity index is 1150. The molecule has 1 saturated carbocycles. The second-order valence-electron chi connectivity index (χ2n) is 6.76. The quantitative estimate of drug-likeness (QED) is 0.688. The number of aromatic nitrogens is 3. The van der Waals surface area contributed by atoms with E-state index in [1.165, 1.54) is 36.5 Å². The number of aryl methyl sites for hydroxylation is 1. The summed E-state index contributed by atoms with van der Waals surface area (Å²) in [4.78, 5) is 29.2. The lowest BCUT2D eigenvalue weighted by molar-refractivity contribution is -0.137. The third-order valence-electron chi connectivity index (χ3n) is 4.48. The zero-order valence-electron chi connectivity index (χ0n) is 15.2. The number of anilines is 1. The standard InChI is InChI=1S/C19H15F3N4O2S/c1-10-7-15(27)16(17(28)24-18-23-14(9-29-18)11-5-6-11)25-26(10)13-4-2-3-12(8-13)19(20,21)22/h2-4,7-9,11H,5-6H2,1H3,(H,23,24,28). The second kappa shape index (κ2) is 7.11. The number of hydrogen-bond acceptors (Lipinski definition) is 5. The van der Waals surface area contributed by atoms with Gasteiger partial charge in [0.15, 0.2) is 10.8 Å². The minimum Gasteiger partial charge on any atom is -0.296 e. The van der Waals surface area contributed by atoms with Crippen LogP contribution in [0.4, 0.5) is 18.3 Å². The molecule has 6 nitrogen and oxygen atoms in total. The van der Waals surface area contributed by atoms with Crippen LogP contribution in [-0.4, -0.2) is 20.7 Å². The molecule has 1 fully saturated rings. The average molecular weight is 420 g/mol. The summed E-state index contributed by atoms with van der Waals surface area (Å²) in [5.74, 6) is -0.333. The fourth-order valence-corrected chi connectivity index (χ4v) is 3.63. The smallest absolute Gasteiger partial charge is 0.296 e. The number of carbonyl (C=O) groups excluding carboxylic acids is 1. The number of rotatable bonds is 4. The summed E-state index contributed by atoms with van der Waals surface area (Å²) in [5.41, 5.74) is -0.592. The molecular formula is C19H15F3N4O2S. The molecule has 0 bridgehead atoms. The number of alkyl halides is 3. The monoisotopic (exact) mass is 420 g/mol. The molecule has 2 heterocycles. The van der Waals surface area contributed by atoms with Gasteiger partial charge in [-0.15, -0.1) is 11.3 Å². The highest BCUT2D eigenvalue weighted by Crippen LogP contribution is 2.40. The Hall–Kier alpha value is -3.01. The van der Waals surface area contributed by atoms with Crippen LogP contribution in [0.3, 0.4) is 0 Å². The summed E-state index contributed by atoms with van der Waals surface area (Å²) in [6, 6.07) is 5.68. The number of thiazole rings is 1. The maximum Gasteiger partial charge on any atom is 0.416 e. The number of carbonyl (C=O) groups is 1. The van der Waals surface area contributed by atoms with Gasteiger partial charge < -0.3 is 0 Å². The van der Waals surface area contributed by atoms with Crippen molar-refractivity contribution >= 4 is 22.4 Å². The van der Waals surface area contributed by atoms with Gasteiger partial charge in [0, 0.05) is 23.1 Å². The Morgan fingerprint density at radius 1 is 1.28 bits per heavy atom. The summed E-state index contributed by atoms with van der Waals surface area (Å²) in [6.07, 6.45) is -2.38. The number of hydrogen-bond donors (Lipinski definition) is 1. The third-order valence-corrected chi connectivity index (χ3v) is 5.25. The van der Waals surface area contributed by atoms with Crippen molar-refractivity contribution in [1.29, 1.82) is 0 Å². The normalized spacial score (nSPS) is 14.1. The van der Waals surface area contributed by atoms with Crippen molar-refractivity contribution in [2.24, 2.45) is 0 Å². The highest BCUT2D eigenvalue weighted by atomic mass is 32.1. The van der Waals surface area contributed by atoms with E-state index < -0.39 is 28.8 Å². The van der Waals surface area contributed by atoms with Crippen LogP contribution in [0.25, 0.3) is 5.69 Å². The molecule has 150 valence electrons. The molecule has 0 radical (unpaired) electrons. The van der Waals surface area contributed by atoms with E-state index in [1.807, 2.05) is 5.38 Å². The van der Waals surface area contributed by atoms with Crippen molar-refractivity contribution in [2.75, 3.05) is 5.32 Å². The Balaban J connectivity index is 1.66. The van der Waals surface area contributed by atoms with E-state index in [9.17, 15) is 22.8 Å². The lowest BCUT2D eigenvalue weighted by Crippen LogP contribution is -2.27. The van der Waals surface area contributed by atoms with E-state index in [2.05, 4.69) is 15.4 Å². The highest BCUT2D eigenvalue weighted by molar-refractivity contribution is 7.14. The Morgan fingerprint density at radius 2 is 2.03 bits per heavy atom. The van der Waals surface area contributed by atoms with Crippen molar-refractivity contribution in [2.45, 2.75) is 31.9 Å². The third kappa shape index (κ3) is 4.07. The molecule has 3 aromatic rings. The molecule has 1 aliphatic rings. The van der Waals surface area contributed by atoms with Crippen LogP contribution in [0.5, 0.6) is 0 Å². The summed E-state index contributed by atoms with van der Waals surface area (Å²) >= 11 is 1.25. The van der Waals surface area contributed by atoms with Gasteiger partial charge in [-0.1, -0.05) is 6.07 Å². The van der Waals surface area contributed by atoms with Crippen molar-refractivity contribution in [3.05, 3.63) is 68.6 Å². The molecule has 29 heavy (non-hydrogen) atoms. The van der Waals surface area contributed by atoms with Gasteiger partial charge in [-0.2, -0.15) is 18.3 Å². The molecule has 0 spiro atoms. The van der Waals surface area contributed by atoms with Crippen LogP contribution in [0.1, 0.15) is 46.2 Å². The van der Waals surface area contributed by atoms with E-state index in [4.69, 9.17) is 0 Å². The van der Waals surface area contributed by atoms with Crippen LogP contribution in [0.15, 0.2) is 40.5 Å². The predicted molar refractivity (Wildman–Crippen MR) is 102 cm³/mol. The van der Waals surface area contributed by atoms with Gasteiger partial charge in [0.25, 0.3) is 5.91 Å². The molecule has 4 rings (SSSR count). The van der Waals surface area contributed by atoms with Crippen molar-refractivity contribution < 1.29 is 18.0 Å². The van der Waals surface area contributed by atoms with Crippen molar-refractivity contribution in [3.8, 4) is 5.69 Å². The molecule has 1 amide bonds. The molecule has 0 unspecified atom stereocenters. The first-order valence-corrected chi connectivity index (χ1v) is 9.66. The first-order chi connectivity index (χ1) is 13.7. The number of benzene rings is 1. The Labute approximate surface area is 167 Å². The average Bonchev–Trinajstić information content (AvgIpc) is 3.41. The number of nitrogens with zero attached hydrogens (tertiary/aromatic N) is 3. The van der Waals surface area contributed by atoms with Crippen LogP contribution < -0.4 is 10.7 Å². The lowest BCUT2D eigenvalue weighted by atomic mass is 10.2. The predicted octanol–water partition coefficient (Wildman–Crippen LogP) is 4.15. The maximum atomic E-state index is 13.0. The highest BCUT2D eigenvalue weighted by Gasteiger charge is 2.31. The molecule has 1 N–H and O–H groups in total. The summed E-state index contributed by atoms with van der Waals surface area (Å²) < 4.78 is 40.2. The molecule has 10 heteroatoms. The van der Waals surface area contributed by atoms with E-state index in [-0.39, 0.29) is 5.69 Å². The van der Waals surface area contributed by atoms with Gasteiger partial charge in [-0.3, -0.25) is 14.9 Å². The van der Waals surface area contributed by atoms with Crippen LogP contribution in [0, 0.1) is 6.92 Å². The van der Waals surface area contributed by atoms with E-state index in [0.29, 0.717) is 16.7 Å². The number of amides is 1. The van der Waals surface area contributed by atoms with Crippen molar-refractivity contribution in [1.82, 2.24) is 14.8 Å². The molecule has 0 aliphatic heterocycles. The molecule has 1 aromatic carbocycles. The fraction of sp³-hybridized carbons (Fsp3) is 0.263. The van der Waals surface area contributed by atoms with Crippen LogP contribution in [-0.2, 0) is 6.18 Å². The largest absolute Gasteiger partial charge is 0.416 e. The first-order valence-electron chi connectivity index (χ1n) is 8.78. The van der Waals surface area contributed by atoms with Gasteiger partial charge in [-0.25, -0.2) is 9.67 Å². The van der Waals surface area contributed by atoms with Gasteiger partial charge in [-0.05, 0) is 38.0 Å². The van der Waals surface area contributed by atoms with Gasteiger partial charge in [0.2, 0.25) is 5.43 Å². The van der Waals surface area contributed by atoms with E-state index in [1.54, 1.807) is 0 Å². The molecule has 0 saturated heterocycles. The van der Waals surface area contributed by atoms with Gasteiger partial charge >= 0.3 is 6.18 Å². The van der Waals surface area contributed by atoms with Crippen LogP contribution >= 0.6 is 11.3 Å². The Kier molecular flexibility index (Phi) is 4.73. The zero-order chi connectivity index (χ0) is 20.8. The Morgan fingerprint density at radius 3 is 2.72 bits per heavy atom. The SMILES string of the molecule is Cc1cc(=O)c(C(=O)Nc2nc(C3CC3)cs2)nn1-c1cccc(C(F)(F)F)c1. The summed E-state index contributed by atoms with van der Waals surface area (Å²) in [5, 5.41) is 8.77. The minimum absolute atomic E-state index is 0.0941.